The number of benzene rings is 1. The lowest BCUT2D eigenvalue weighted by atomic mass is 10.0. The standard InChI is InChI=1S/C28H36N4O5/c1-18-15-32(26(33)14-21-7-5-6-12-29-21)19(2)17-37-24-13-22(30-27(34)20-8-9-20)10-11-23(24)28(35)31(3)16-25(18)36-4/h5-7,10-13,18-20,25H,8-9,14-17H2,1-4H3,(H,30,34)/t18-,19-,25-/m1/s1. The van der Waals surface area contributed by atoms with Gasteiger partial charge in [-0.05, 0) is 44.0 Å². The van der Waals surface area contributed by atoms with Crippen LogP contribution in [0.15, 0.2) is 42.6 Å². The number of methoxy groups -OCH3 is 1. The lowest BCUT2D eigenvalue weighted by molar-refractivity contribution is -0.134. The Kier molecular flexibility index (Phi) is 8.43. The van der Waals surface area contributed by atoms with Gasteiger partial charge in [-0.15, -0.1) is 0 Å². The Bertz CT molecular complexity index is 1120. The molecule has 0 unspecified atom stereocenters. The van der Waals surface area contributed by atoms with Gasteiger partial charge in [0.05, 0.1) is 24.1 Å². The van der Waals surface area contributed by atoms with Gasteiger partial charge in [0.15, 0.2) is 0 Å². The Hall–Kier alpha value is -3.46. The van der Waals surface area contributed by atoms with Crippen LogP contribution < -0.4 is 10.1 Å². The van der Waals surface area contributed by atoms with Crippen molar-refractivity contribution in [2.75, 3.05) is 39.2 Å². The zero-order chi connectivity index (χ0) is 26.5. The predicted molar refractivity (Wildman–Crippen MR) is 139 cm³/mol. The van der Waals surface area contributed by atoms with E-state index in [0.717, 1.165) is 12.8 Å². The Morgan fingerprint density at radius 3 is 2.62 bits per heavy atom. The quantitative estimate of drug-likeness (QED) is 0.666. The van der Waals surface area contributed by atoms with E-state index in [2.05, 4.69) is 10.3 Å². The molecule has 2 aromatic rings. The normalized spacial score (nSPS) is 22.8. The van der Waals surface area contributed by atoms with Crippen LogP contribution >= 0.6 is 0 Å². The molecular weight excluding hydrogens is 472 g/mol. The molecule has 0 bridgehead atoms. The van der Waals surface area contributed by atoms with Crippen molar-refractivity contribution in [1.29, 1.82) is 0 Å². The fourth-order valence-electron chi connectivity index (χ4n) is 4.55. The first-order valence-corrected chi connectivity index (χ1v) is 12.8. The van der Waals surface area contributed by atoms with Crippen LogP contribution in [0.2, 0.25) is 0 Å². The predicted octanol–water partition coefficient (Wildman–Crippen LogP) is 3.01. The molecule has 1 aliphatic heterocycles. The van der Waals surface area contributed by atoms with E-state index in [0.29, 0.717) is 35.8 Å². The number of hydrogen-bond donors (Lipinski definition) is 1. The summed E-state index contributed by atoms with van der Waals surface area (Å²) in [4.78, 5) is 46.8. The number of nitrogens with one attached hydrogen (secondary N) is 1. The molecular formula is C28H36N4O5. The van der Waals surface area contributed by atoms with E-state index in [1.54, 1.807) is 43.5 Å². The molecule has 1 fully saturated rings. The van der Waals surface area contributed by atoms with Crippen molar-refractivity contribution in [2.24, 2.45) is 11.8 Å². The van der Waals surface area contributed by atoms with Crippen molar-refractivity contribution in [1.82, 2.24) is 14.8 Å². The van der Waals surface area contributed by atoms with E-state index in [9.17, 15) is 14.4 Å². The fraction of sp³-hybridized carbons (Fsp3) is 0.500. The van der Waals surface area contributed by atoms with Crippen LogP contribution in [-0.2, 0) is 20.7 Å². The van der Waals surface area contributed by atoms with Crippen LogP contribution in [0.25, 0.3) is 0 Å². The Morgan fingerprint density at radius 1 is 1.16 bits per heavy atom. The first kappa shape index (κ1) is 26.6. The van der Waals surface area contributed by atoms with Crippen LogP contribution in [-0.4, -0.2) is 78.5 Å². The van der Waals surface area contributed by atoms with Crippen molar-refractivity contribution in [3.05, 3.63) is 53.9 Å². The monoisotopic (exact) mass is 508 g/mol. The topological polar surface area (TPSA) is 101 Å². The SMILES string of the molecule is CO[C@@H]1CN(C)C(=O)c2ccc(NC(=O)C3CC3)cc2OC[C@@H](C)N(C(=O)Cc2ccccn2)C[C@H]1C. The minimum Gasteiger partial charge on any atom is -0.491 e. The zero-order valence-corrected chi connectivity index (χ0v) is 22.0. The highest BCUT2D eigenvalue weighted by Crippen LogP contribution is 2.32. The van der Waals surface area contributed by atoms with Gasteiger partial charge in [-0.3, -0.25) is 19.4 Å². The smallest absolute Gasteiger partial charge is 0.257 e. The second-order valence-corrected chi connectivity index (χ2v) is 10.1. The van der Waals surface area contributed by atoms with Gasteiger partial charge in [-0.25, -0.2) is 0 Å². The molecule has 9 nitrogen and oxygen atoms in total. The van der Waals surface area contributed by atoms with E-state index >= 15 is 0 Å². The number of ether oxygens (including phenoxy) is 2. The number of pyridine rings is 1. The summed E-state index contributed by atoms with van der Waals surface area (Å²) in [6.07, 6.45) is 3.39. The van der Waals surface area contributed by atoms with Gasteiger partial charge >= 0.3 is 0 Å². The molecule has 1 aromatic heterocycles. The van der Waals surface area contributed by atoms with Gasteiger partial charge in [0, 0.05) is 62.7 Å². The molecule has 4 rings (SSSR count). The second-order valence-electron chi connectivity index (χ2n) is 10.1. The fourth-order valence-corrected chi connectivity index (χ4v) is 4.55. The summed E-state index contributed by atoms with van der Waals surface area (Å²) in [6, 6.07) is 10.3. The molecule has 2 aliphatic rings. The van der Waals surface area contributed by atoms with E-state index in [4.69, 9.17) is 9.47 Å². The number of nitrogens with zero attached hydrogens (tertiary/aromatic N) is 3. The summed E-state index contributed by atoms with van der Waals surface area (Å²) in [5.41, 5.74) is 1.68. The molecule has 2 heterocycles. The summed E-state index contributed by atoms with van der Waals surface area (Å²) in [7, 11) is 3.35. The molecule has 37 heavy (non-hydrogen) atoms. The van der Waals surface area contributed by atoms with Gasteiger partial charge in [0.25, 0.3) is 5.91 Å². The summed E-state index contributed by atoms with van der Waals surface area (Å²) < 4.78 is 11.9. The maximum absolute atomic E-state index is 13.4. The molecule has 3 atom stereocenters. The summed E-state index contributed by atoms with van der Waals surface area (Å²) in [5, 5.41) is 2.92. The molecule has 1 N–H and O–H groups in total. The van der Waals surface area contributed by atoms with Crippen LogP contribution in [0.5, 0.6) is 5.75 Å². The Balaban J connectivity index is 1.62. The number of anilines is 1. The molecule has 1 aromatic carbocycles. The van der Waals surface area contributed by atoms with Crippen molar-refractivity contribution < 1.29 is 23.9 Å². The van der Waals surface area contributed by atoms with Crippen LogP contribution in [0.1, 0.15) is 42.7 Å². The first-order valence-electron chi connectivity index (χ1n) is 12.8. The Morgan fingerprint density at radius 2 is 1.95 bits per heavy atom. The van der Waals surface area contributed by atoms with Gasteiger partial charge < -0.3 is 24.6 Å². The van der Waals surface area contributed by atoms with Gasteiger partial charge in [0.2, 0.25) is 11.8 Å². The van der Waals surface area contributed by atoms with Crippen molar-refractivity contribution in [3.63, 3.8) is 0 Å². The van der Waals surface area contributed by atoms with E-state index < -0.39 is 0 Å². The molecule has 0 spiro atoms. The lowest BCUT2D eigenvalue weighted by Crippen LogP contribution is -2.49. The van der Waals surface area contributed by atoms with Gasteiger partial charge in [-0.2, -0.15) is 0 Å². The maximum atomic E-state index is 13.4. The second kappa shape index (κ2) is 11.7. The average molecular weight is 509 g/mol. The number of fused-ring (bicyclic) bond motifs is 1. The number of aromatic nitrogens is 1. The molecule has 0 radical (unpaired) electrons. The minimum atomic E-state index is -0.277. The highest BCUT2D eigenvalue weighted by atomic mass is 16.5. The van der Waals surface area contributed by atoms with Crippen molar-refractivity contribution >= 4 is 23.4 Å². The zero-order valence-electron chi connectivity index (χ0n) is 22.0. The highest BCUT2D eigenvalue weighted by Gasteiger charge is 2.32. The van der Waals surface area contributed by atoms with Gasteiger partial charge in [0.1, 0.15) is 12.4 Å². The maximum Gasteiger partial charge on any atom is 0.257 e. The van der Waals surface area contributed by atoms with Crippen molar-refractivity contribution in [2.45, 2.75) is 45.3 Å². The third kappa shape index (κ3) is 6.65. The van der Waals surface area contributed by atoms with Crippen LogP contribution in [0, 0.1) is 11.8 Å². The summed E-state index contributed by atoms with van der Waals surface area (Å²) in [6.45, 7) is 4.94. The third-order valence-corrected chi connectivity index (χ3v) is 7.04. The highest BCUT2D eigenvalue weighted by molar-refractivity contribution is 5.99. The molecule has 1 aliphatic carbocycles. The summed E-state index contributed by atoms with van der Waals surface area (Å²) >= 11 is 0. The van der Waals surface area contributed by atoms with Gasteiger partial charge in [-0.1, -0.05) is 13.0 Å². The number of hydrogen-bond acceptors (Lipinski definition) is 6. The molecule has 1 saturated carbocycles. The third-order valence-electron chi connectivity index (χ3n) is 7.04. The van der Waals surface area contributed by atoms with E-state index in [1.165, 1.54) is 0 Å². The number of carbonyl (C=O) groups excluding carboxylic acids is 3. The molecule has 198 valence electrons. The number of amides is 3. The number of rotatable bonds is 5. The first-order chi connectivity index (χ1) is 17.8. The number of carbonyl (C=O) groups is 3. The average Bonchev–Trinajstić information content (AvgIpc) is 3.74. The van der Waals surface area contributed by atoms with Crippen molar-refractivity contribution in [3.8, 4) is 5.75 Å². The van der Waals surface area contributed by atoms with Crippen LogP contribution in [0.4, 0.5) is 5.69 Å². The Labute approximate surface area is 218 Å². The van der Waals surface area contributed by atoms with E-state index in [-0.39, 0.29) is 54.7 Å². The lowest BCUT2D eigenvalue weighted by Gasteiger charge is -2.36. The van der Waals surface area contributed by atoms with E-state index in [1.807, 2.05) is 36.9 Å². The minimum absolute atomic E-state index is 0.0202. The molecule has 9 heteroatoms. The molecule has 0 saturated heterocycles. The van der Waals surface area contributed by atoms with Crippen LogP contribution in [0.3, 0.4) is 0 Å². The number of likely N-dealkylation sites (N-methyl/N-ethyl adjacent to an activating group) is 1. The largest absolute Gasteiger partial charge is 0.491 e. The molecule has 3 amide bonds. The summed E-state index contributed by atoms with van der Waals surface area (Å²) in [5.74, 6) is 0.130.